The Hall–Kier alpha value is -2.63. The van der Waals surface area contributed by atoms with Crippen LogP contribution in [0.3, 0.4) is 0 Å². The maximum atomic E-state index is 13.6. The average molecular weight is 411 g/mol. The van der Waals surface area contributed by atoms with Gasteiger partial charge < -0.3 is 10.2 Å². The molecule has 2 N–H and O–H groups in total. The molecule has 2 aromatic heterocycles. The molecule has 7 nitrogen and oxygen atoms in total. The largest absolute Gasteiger partial charge is 0.433 e. The number of hydrogen-bond acceptors (Lipinski definition) is 6. The van der Waals surface area contributed by atoms with E-state index in [-0.39, 0.29) is 10.8 Å². The maximum absolute atomic E-state index is 13.6. The number of ether oxygens (including phenoxy) is 1. The number of hydrazine groups is 1. The molecular formula is C17H16F3N5O2S. The zero-order chi connectivity index (χ0) is 19.9. The van der Waals surface area contributed by atoms with E-state index < -0.39 is 23.0 Å². The van der Waals surface area contributed by atoms with Crippen molar-refractivity contribution in [3.63, 3.8) is 0 Å². The molecule has 4 rings (SSSR count). The number of benzene rings is 1. The monoisotopic (exact) mass is 411 g/mol. The third-order valence-corrected chi connectivity index (χ3v) is 5.28. The lowest BCUT2D eigenvalue weighted by atomic mass is 10.2. The zero-order valence-electron chi connectivity index (χ0n) is 14.5. The van der Waals surface area contributed by atoms with Gasteiger partial charge in [-0.3, -0.25) is 9.89 Å². The number of halogens is 3. The lowest BCUT2D eigenvalue weighted by molar-refractivity contribution is -0.141. The minimum atomic E-state index is -4.76. The average Bonchev–Trinajstić information content (AvgIpc) is 3.23. The summed E-state index contributed by atoms with van der Waals surface area (Å²) in [6.07, 6.45) is -4.76. The lowest BCUT2D eigenvalue weighted by Crippen LogP contribution is -2.45. The standard InChI is InChI=1S/C17H16F3N5O2S/c1-10(22-24-6-8-27-9-7-24)13-14(17(18,19)20)23-25(15(13)26)16-21-11-4-2-3-5-12(11)28-16/h2-5,22-23H,1,6-9H2. The number of fused-ring (bicyclic) bond motifs is 1. The Morgan fingerprint density at radius 1 is 1.29 bits per heavy atom. The molecule has 0 unspecified atom stereocenters. The summed E-state index contributed by atoms with van der Waals surface area (Å²) >= 11 is 1.12. The van der Waals surface area contributed by atoms with E-state index in [1.165, 1.54) is 0 Å². The fourth-order valence-electron chi connectivity index (χ4n) is 2.93. The van der Waals surface area contributed by atoms with Gasteiger partial charge >= 0.3 is 6.18 Å². The van der Waals surface area contributed by atoms with Crippen molar-refractivity contribution < 1.29 is 17.9 Å². The van der Waals surface area contributed by atoms with E-state index in [1.54, 1.807) is 29.3 Å². The lowest BCUT2D eigenvalue weighted by Gasteiger charge is -2.28. The third-order valence-electron chi connectivity index (χ3n) is 4.25. The van der Waals surface area contributed by atoms with Gasteiger partial charge in [0.1, 0.15) is 0 Å². The Bertz CT molecular complexity index is 1050. The van der Waals surface area contributed by atoms with Gasteiger partial charge in [-0.25, -0.2) is 9.99 Å². The van der Waals surface area contributed by atoms with Crippen molar-refractivity contribution >= 4 is 27.3 Å². The molecule has 148 valence electrons. The molecule has 1 aromatic carbocycles. The van der Waals surface area contributed by atoms with Gasteiger partial charge in [0.05, 0.1) is 34.7 Å². The van der Waals surface area contributed by atoms with Crippen molar-refractivity contribution in [1.82, 2.24) is 25.2 Å². The molecule has 0 aliphatic carbocycles. The Morgan fingerprint density at radius 2 is 2.00 bits per heavy atom. The molecule has 0 saturated carbocycles. The molecule has 0 spiro atoms. The molecule has 28 heavy (non-hydrogen) atoms. The molecule has 1 aliphatic rings. The molecule has 1 saturated heterocycles. The van der Waals surface area contributed by atoms with Gasteiger partial charge in [0.15, 0.2) is 5.69 Å². The summed E-state index contributed by atoms with van der Waals surface area (Å²) in [5.74, 6) is 0. The number of aromatic amines is 1. The van der Waals surface area contributed by atoms with E-state index in [1.807, 2.05) is 0 Å². The highest BCUT2D eigenvalue weighted by atomic mass is 32.1. The van der Waals surface area contributed by atoms with Crippen LogP contribution in [0.15, 0.2) is 35.6 Å². The Balaban J connectivity index is 1.77. The van der Waals surface area contributed by atoms with E-state index in [9.17, 15) is 18.0 Å². The van der Waals surface area contributed by atoms with Crippen LogP contribution < -0.4 is 11.0 Å². The van der Waals surface area contributed by atoms with Crippen LogP contribution in [0.1, 0.15) is 11.3 Å². The first-order chi connectivity index (χ1) is 13.3. The summed E-state index contributed by atoms with van der Waals surface area (Å²) in [5.41, 5.74) is 0.675. The Kier molecular flexibility index (Phi) is 4.73. The number of morpholine rings is 1. The highest BCUT2D eigenvalue weighted by Gasteiger charge is 2.39. The molecular weight excluding hydrogens is 395 g/mol. The number of thiazole rings is 1. The van der Waals surface area contributed by atoms with Gasteiger partial charge in [-0.05, 0) is 12.1 Å². The smallest absolute Gasteiger partial charge is 0.379 e. The van der Waals surface area contributed by atoms with Gasteiger partial charge in [-0.15, -0.1) is 0 Å². The van der Waals surface area contributed by atoms with Crippen molar-refractivity contribution in [2.75, 3.05) is 26.3 Å². The molecule has 0 radical (unpaired) electrons. The first-order valence-corrected chi connectivity index (χ1v) is 9.23. The van der Waals surface area contributed by atoms with Crippen LogP contribution in [-0.2, 0) is 10.9 Å². The van der Waals surface area contributed by atoms with Crippen LogP contribution in [0.4, 0.5) is 13.2 Å². The number of hydrogen-bond donors (Lipinski definition) is 2. The van der Waals surface area contributed by atoms with Crippen LogP contribution in [-0.4, -0.2) is 46.1 Å². The minimum absolute atomic E-state index is 0.127. The van der Waals surface area contributed by atoms with Crippen LogP contribution in [0.25, 0.3) is 21.0 Å². The van der Waals surface area contributed by atoms with Gasteiger partial charge in [-0.2, -0.15) is 17.9 Å². The predicted molar refractivity (Wildman–Crippen MR) is 99.1 cm³/mol. The van der Waals surface area contributed by atoms with E-state index in [4.69, 9.17) is 4.74 Å². The number of rotatable bonds is 4. The van der Waals surface area contributed by atoms with Crippen molar-refractivity contribution in [3.05, 3.63) is 52.5 Å². The summed E-state index contributed by atoms with van der Waals surface area (Å²) in [6, 6.07) is 7.08. The number of nitrogens with zero attached hydrogens (tertiary/aromatic N) is 3. The zero-order valence-corrected chi connectivity index (χ0v) is 15.4. The molecule has 3 aromatic rings. The highest BCUT2D eigenvalue weighted by Crippen LogP contribution is 2.32. The van der Waals surface area contributed by atoms with Crippen LogP contribution in [0.2, 0.25) is 0 Å². The molecule has 11 heteroatoms. The topological polar surface area (TPSA) is 75.2 Å². The summed E-state index contributed by atoms with van der Waals surface area (Å²) in [4.78, 5) is 17.1. The number of aromatic nitrogens is 3. The predicted octanol–water partition coefficient (Wildman–Crippen LogP) is 2.60. The van der Waals surface area contributed by atoms with Gasteiger partial charge in [0.2, 0.25) is 5.13 Å². The van der Waals surface area contributed by atoms with E-state index in [0.29, 0.717) is 31.8 Å². The molecule has 0 atom stereocenters. The molecule has 3 heterocycles. The summed E-state index contributed by atoms with van der Waals surface area (Å²) in [7, 11) is 0. The van der Waals surface area contributed by atoms with Crippen molar-refractivity contribution in [2.45, 2.75) is 6.18 Å². The van der Waals surface area contributed by atoms with Crippen molar-refractivity contribution in [2.24, 2.45) is 0 Å². The fourth-order valence-corrected chi connectivity index (χ4v) is 3.86. The van der Waals surface area contributed by atoms with Crippen LogP contribution in [0, 0.1) is 0 Å². The number of alkyl halides is 3. The van der Waals surface area contributed by atoms with Gasteiger partial charge in [-0.1, -0.05) is 30.0 Å². The molecule has 0 bridgehead atoms. The number of para-hydroxylation sites is 1. The maximum Gasteiger partial charge on any atom is 0.433 e. The van der Waals surface area contributed by atoms with Gasteiger partial charge in [0, 0.05) is 13.1 Å². The second-order valence-corrected chi connectivity index (χ2v) is 7.16. The summed E-state index contributed by atoms with van der Waals surface area (Å²) in [5, 5.41) is 3.96. The molecule has 0 amide bonds. The quantitative estimate of drug-likeness (QED) is 0.690. The van der Waals surface area contributed by atoms with E-state index >= 15 is 0 Å². The normalized spacial score (nSPS) is 15.8. The van der Waals surface area contributed by atoms with Crippen LogP contribution >= 0.6 is 11.3 Å². The second-order valence-electron chi connectivity index (χ2n) is 6.15. The number of H-pyrrole nitrogens is 1. The Labute approximate surface area is 161 Å². The SMILES string of the molecule is C=C(NN1CCOCC1)c1c(C(F)(F)F)[nH]n(-c2nc3ccccc3s2)c1=O. The van der Waals surface area contributed by atoms with Crippen LogP contribution in [0.5, 0.6) is 0 Å². The fraction of sp³-hybridized carbons (Fsp3) is 0.294. The second kappa shape index (κ2) is 7.08. The highest BCUT2D eigenvalue weighted by molar-refractivity contribution is 7.20. The first-order valence-electron chi connectivity index (χ1n) is 8.41. The minimum Gasteiger partial charge on any atom is -0.379 e. The third kappa shape index (κ3) is 3.43. The van der Waals surface area contributed by atoms with E-state index in [0.717, 1.165) is 20.7 Å². The van der Waals surface area contributed by atoms with Crippen molar-refractivity contribution in [3.8, 4) is 5.13 Å². The van der Waals surface area contributed by atoms with Gasteiger partial charge in [0.25, 0.3) is 5.56 Å². The first kappa shape index (κ1) is 18.7. The Morgan fingerprint density at radius 3 is 2.68 bits per heavy atom. The number of nitrogens with one attached hydrogen (secondary N) is 2. The van der Waals surface area contributed by atoms with Crippen molar-refractivity contribution in [1.29, 1.82) is 0 Å². The summed E-state index contributed by atoms with van der Waals surface area (Å²) in [6.45, 7) is 5.48. The summed E-state index contributed by atoms with van der Waals surface area (Å²) < 4.78 is 47.6. The molecule has 1 aliphatic heterocycles. The molecule has 1 fully saturated rings. The van der Waals surface area contributed by atoms with E-state index in [2.05, 4.69) is 22.1 Å².